The fourth-order valence-corrected chi connectivity index (χ4v) is 2.00. The van der Waals surface area contributed by atoms with Crippen LogP contribution in [0.5, 0.6) is 0 Å². The van der Waals surface area contributed by atoms with Gasteiger partial charge in [0, 0.05) is 11.6 Å². The summed E-state index contributed by atoms with van der Waals surface area (Å²) >= 11 is 0. The van der Waals surface area contributed by atoms with Gasteiger partial charge in [-0.25, -0.2) is 0 Å². The lowest BCUT2D eigenvalue weighted by Gasteiger charge is -2.15. The molecule has 2 nitrogen and oxygen atoms in total. The molecule has 0 bridgehead atoms. The van der Waals surface area contributed by atoms with E-state index in [4.69, 9.17) is 11.5 Å². The SMILES string of the molecule is NCC(Cc1ccc(N)cc1)c1ccccc1. The highest BCUT2D eigenvalue weighted by Gasteiger charge is 2.09. The molecule has 1 atom stereocenters. The van der Waals surface area contributed by atoms with Crippen molar-refractivity contribution in [1.29, 1.82) is 0 Å². The van der Waals surface area contributed by atoms with Gasteiger partial charge in [-0.2, -0.15) is 0 Å². The number of anilines is 1. The first kappa shape index (κ1) is 11.7. The van der Waals surface area contributed by atoms with Gasteiger partial charge >= 0.3 is 0 Å². The second kappa shape index (κ2) is 5.51. The van der Waals surface area contributed by atoms with E-state index in [1.54, 1.807) is 0 Å². The Morgan fingerprint density at radius 2 is 1.53 bits per heavy atom. The van der Waals surface area contributed by atoms with Crippen LogP contribution in [0.15, 0.2) is 54.6 Å². The first-order valence-electron chi connectivity index (χ1n) is 5.89. The molecule has 2 heteroatoms. The molecule has 0 saturated carbocycles. The van der Waals surface area contributed by atoms with Gasteiger partial charge in [-0.15, -0.1) is 0 Å². The molecule has 0 spiro atoms. The Labute approximate surface area is 102 Å². The maximum absolute atomic E-state index is 5.86. The van der Waals surface area contributed by atoms with E-state index < -0.39 is 0 Å². The summed E-state index contributed by atoms with van der Waals surface area (Å²) in [4.78, 5) is 0. The summed E-state index contributed by atoms with van der Waals surface area (Å²) in [5.41, 5.74) is 14.9. The number of hydrogen-bond donors (Lipinski definition) is 2. The predicted octanol–water partition coefficient (Wildman–Crippen LogP) is 2.55. The molecule has 4 N–H and O–H groups in total. The molecule has 17 heavy (non-hydrogen) atoms. The summed E-state index contributed by atoms with van der Waals surface area (Å²) in [7, 11) is 0. The standard InChI is InChI=1S/C15H18N2/c16-11-14(13-4-2-1-3-5-13)10-12-6-8-15(17)9-7-12/h1-9,14H,10-11,16-17H2. The van der Waals surface area contributed by atoms with Crippen molar-refractivity contribution >= 4 is 5.69 Å². The zero-order valence-electron chi connectivity index (χ0n) is 9.84. The van der Waals surface area contributed by atoms with Gasteiger partial charge in [0.15, 0.2) is 0 Å². The van der Waals surface area contributed by atoms with E-state index in [0.717, 1.165) is 12.1 Å². The molecule has 0 amide bonds. The zero-order valence-corrected chi connectivity index (χ0v) is 9.84. The minimum absolute atomic E-state index is 0.375. The molecule has 2 aromatic rings. The van der Waals surface area contributed by atoms with Crippen LogP contribution < -0.4 is 11.5 Å². The van der Waals surface area contributed by atoms with Crippen LogP contribution in [-0.4, -0.2) is 6.54 Å². The maximum atomic E-state index is 5.86. The third kappa shape index (κ3) is 3.08. The highest BCUT2D eigenvalue weighted by Crippen LogP contribution is 2.20. The molecule has 0 fully saturated rings. The van der Waals surface area contributed by atoms with Crippen LogP contribution in [0.1, 0.15) is 17.0 Å². The highest BCUT2D eigenvalue weighted by atomic mass is 14.6. The quantitative estimate of drug-likeness (QED) is 0.787. The second-order valence-corrected chi connectivity index (χ2v) is 4.29. The van der Waals surface area contributed by atoms with Gasteiger partial charge in [-0.05, 0) is 36.2 Å². The van der Waals surface area contributed by atoms with Gasteiger partial charge in [0.2, 0.25) is 0 Å². The topological polar surface area (TPSA) is 52.0 Å². The number of benzene rings is 2. The van der Waals surface area contributed by atoms with Crippen molar-refractivity contribution in [3.8, 4) is 0 Å². The lowest BCUT2D eigenvalue weighted by atomic mass is 9.92. The molecule has 1 unspecified atom stereocenters. The molecule has 0 aliphatic rings. The molecule has 2 rings (SSSR count). The van der Waals surface area contributed by atoms with Gasteiger partial charge < -0.3 is 11.5 Å². The molecule has 0 aromatic heterocycles. The van der Waals surface area contributed by atoms with Gasteiger partial charge in [0.1, 0.15) is 0 Å². The summed E-state index contributed by atoms with van der Waals surface area (Å²) in [6.45, 7) is 0.661. The fraction of sp³-hybridized carbons (Fsp3) is 0.200. The van der Waals surface area contributed by atoms with Crippen LogP contribution in [-0.2, 0) is 6.42 Å². The molecule has 0 aliphatic heterocycles. The molecule has 0 radical (unpaired) electrons. The Balaban J connectivity index is 2.13. The van der Waals surface area contributed by atoms with E-state index in [9.17, 15) is 0 Å². The third-order valence-corrected chi connectivity index (χ3v) is 3.02. The summed E-state index contributed by atoms with van der Waals surface area (Å²) in [5, 5.41) is 0. The first-order chi connectivity index (χ1) is 8.29. The normalized spacial score (nSPS) is 12.3. The molecule has 0 saturated heterocycles. The Morgan fingerprint density at radius 3 is 2.12 bits per heavy atom. The number of hydrogen-bond acceptors (Lipinski definition) is 2. The Bertz CT molecular complexity index is 448. The summed E-state index contributed by atoms with van der Waals surface area (Å²) in [6, 6.07) is 18.4. The smallest absolute Gasteiger partial charge is 0.0314 e. The molecular weight excluding hydrogens is 208 g/mol. The van der Waals surface area contributed by atoms with Crippen molar-refractivity contribution in [2.75, 3.05) is 12.3 Å². The third-order valence-electron chi connectivity index (χ3n) is 3.02. The monoisotopic (exact) mass is 226 g/mol. The minimum atomic E-state index is 0.375. The van der Waals surface area contributed by atoms with Gasteiger partial charge in [0.25, 0.3) is 0 Å². The van der Waals surface area contributed by atoms with Crippen LogP contribution >= 0.6 is 0 Å². The van der Waals surface area contributed by atoms with E-state index in [1.165, 1.54) is 11.1 Å². The van der Waals surface area contributed by atoms with Gasteiger partial charge in [-0.3, -0.25) is 0 Å². The van der Waals surface area contributed by atoms with E-state index >= 15 is 0 Å². The molecule has 0 aliphatic carbocycles. The fourth-order valence-electron chi connectivity index (χ4n) is 2.00. The van der Waals surface area contributed by atoms with Crippen LogP contribution in [0.25, 0.3) is 0 Å². The first-order valence-corrected chi connectivity index (χ1v) is 5.89. The minimum Gasteiger partial charge on any atom is -0.399 e. The highest BCUT2D eigenvalue weighted by molar-refractivity contribution is 5.39. The predicted molar refractivity (Wildman–Crippen MR) is 72.8 cm³/mol. The largest absolute Gasteiger partial charge is 0.399 e. The average Bonchev–Trinajstić information content (AvgIpc) is 2.39. The van der Waals surface area contributed by atoms with E-state index in [-0.39, 0.29) is 0 Å². The van der Waals surface area contributed by atoms with Crippen molar-refractivity contribution in [1.82, 2.24) is 0 Å². The maximum Gasteiger partial charge on any atom is 0.0314 e. The van der Waals surface area contributed by atoms with Crippen LogP contribution in [0.3, 0.4) is 0 Å². The van der Waals surface area contributed by atoms with Crippen LogP contribution in [0.2, 0.25) is 0 Å². The summed E-state index contributed by atoms with van der Waals surface area (Å²) < 4.78 is 0. The van der Waals surface area contributed by atoms with Crippen LogP contribution in [0.4, 0.5) is 5.69 Å². The van der Waals surface area contributed by atoms with E-state index in [2.05, 4.69) is 36.4 Å². The number of nitrogen functional groups attached to an aromatic ring is 1. The molecule has 2 aromatic carbocycles. The van der Waals surface area contributed by atoms with Crippen LogP contribution in [0, 0.1) is 0 Å². The lowest BCUT2D eigenvalue weighted by molar-refractivity contribution is 0.694. The summed E-state index contributed by atoms with van der Waals surface area (Å²) in [6.07, 6.45) is 0.959. The number of nitrogens with two attached hydrogens (primary N) is 2. The van der Waals surface area contributed by atoms with E-state index in [1.807, 2.05) is 18.2 Å². The van der Waals surface area contributed by atoms with Crippen molar-refractivity contribution in [3.63, 3.8) is 0 Å². The Kier molecular flexibility index (Phi) is 3.78. The van der Waals surface area contributed by atoms with Gasteiger partial charge in [0.05, 0.1) is 0 Å². The zero-order chi connectivity index (χ0) is 12.1. The summed E-state index contributed by atoms with van der Waals surface area (Å²) in [5.74, 6) is 0.375. The average molecular weight is 226 g/mol. The van der Waals surface area contributed by atoms with Gasteiger partial charge in [-0.1, -0.05) is 42.5 Å². The van der Waals surface area contributed by atoms with Crippen molar-refractivity contribution in [2.24, 2.45) is 5.73 Å². The Hall–Kier alpha value is -1.80. The molecule has 88 valence electrons. The van der Waals surface area contributed by atoms with Crippen molar-refractivity contribution < 1.29 is 0 Å². The lowest BCUT2D eigenvalue weighted by Crippen LogP contribution is -2.14. The van der Waals surface area contributed by atoms with E-state index in [0.29, 0.717) is 12.5 Å². The second-order valence-electron chi connectivity index (χ2n) is 4.29. The molecular formula is C15H18N2. The molecule has 0 heterocycles. The van der Waals surface area contributed by atoms with Crippen molar-refractivity contribution in [3.05, 3.63) is 65.7 Å². The number of rotatable bonds is 4. The Morgan fingerprint density at radius 1 is 0.882 bits per heavy atom. The van der Waals surface area contributed by atoms with Crippen molar-refractivity contribution in [2.45, 2.75) is 12.3 Å².